The van der Waals surface area contributed by atoms with Crippen LogP contribution < -0.4 is 11.1 Å². The zero-order chi connectivity index (χ0) is 12.7. The Morgan fingerprint density at radius 1 is 1.53 bits per heavy atom. The fourth-order valence-electron chi connectivity index (χ4n) is 1.44. The summed E-state index contributed by atoms with van der Waals surface area (Å²) in [5.74, 6) is 0.0687. The summed E-state index contributed by atoms with van der Waals surface area (Å²) >= 11 is 1.40. The normalized spacial score (nSPS) is 12.4. The van der Waals surface area contributed by atoms with Crippen LogP contribution in [0.1, 0.15) is 13.3 Å². The van der Waals surface area contributed by atoms with Crippen LogP contribution in [0.2, 0.25) is 0 Å². The predicted molar refractivity (Wildman–Crippen MR) is 68.4 cm³/mol. The number of likely N-dealkylation sites (N-methyl/N-ethyl adjacent to an activating group) is 1. The van der Waals surface area contributed by atoms with Gasteiger partial charge in [0.15, 0.2) is 0 Å². The van der Waals surface area contributed by atoms with Crippen LogP contribution in [0.4, 0.5) is 4.39 Å². The molecule has 5 heteroatoms. The maximum Gasteiger partial charge on any atom is 0.234 e. The summed E-state index contributed by atoms with van der Waals surface area (Å²) < 4.78 is 13.3. The highest BCUT2D eigenvalue weighted by atomic mass is 32.2. The summed E-state index contributed by atoms with van der Waals surface area (Å²) in [5, 5.41) is 3.00. The third-order valence-corrected chi connectivity index (χ3v) is 3.38. The molecule has 1 aromatic rings. The SMILES string of the molecule is CCNC(CCSc1ccccc1F)C(N)=O. The van der Waals surface area contributed by atoms with E-state index < -0.39 is 0 Å². The monoisotopic (exact) mass is 256 g/mol. The van der Waals surface area contributed by atoms with Crippen LogP contribution in [0.5, 0.6) is 0 Å². The lowest BCUT2D eigenvalue weighted by atomic mass is 10.2. The zero-order valence-corrected chi connectivity index (χ0v) is 10.6. The molecule has 94 valence electrons. The van der Waals surface area contributed by atoms with Crippen LogP contribution in [0.3, 0.4) is 0 Å². The third kappa shape index (κ3) is 4.75. The molecule has 0 fully saturated rings. The standard InChI is InChI=1S/C12H17FN2OS/c1-2-15-10(12(14)16)7-8-17-11-6-4-3-5-9(11)13/h3-6,10,15H,2,7-8H2,1H3,(H2,14,16). The summed E-state index contributed by atoms with van der Waals surface area (Å²) in [7, 11) is 0. The molecule has 0 aliphatic carbocycles. The number of nitrogens with one attached hydrogen (secondary N) is 1. The molecule has 0 aliphatic heterocycles. The summed E-state index contributed by atoms with van der Waals surface area (Å²) in [6.07, 6.45) is 0.599. The minimum Gasteiger partial charge on any atom is -0.368 e. The van der Waals surface area contributed by atoms with E-state index in [0.29, 0.717) is 23.6 Å². The van der Waals surface area contributed by atoms with Gasteiger partial charge in [0, 0.05) is 10.6 Å². The van der Waals surface area contributed by atoms with Gasteiger partial charge < -0.3 is 11.1 Å². The summed E-state index contributed by atoms with van der Waals surface area (Å²) in [6, 6.07) is 6.27. The van der Waals surface area contributed by atoms with Crippen molar-refractivity contribution in [2.45, 2.75) is 24.3 Å². The van der Waals surface area contributed by atoms with Crippen LogP contribution in [0.15, 0.2) is 29.2 Å². The number of hydrogen-bond acceptors (Lipinski definition) is 3. The van der Waals surface area contributed by atoms with Gasteiger partial charge in [-0.2, -0.15) is 0 Å². The smallest absolute Gasteiger partial charge is 0.234 e. The van der Waals surface area contributed by atoms with Crippen LogP contribution in [-0.4, -0.2) is 24.2 Å². The van der Waals surface area contributed by atoms with Crippen molar-refractivity contribution in [3.8, 4) is 0 Å². The lowest BCUT2D eigenvalue weighted by Gasteiger charge is -2.13. The van der Waals surface area contributed by atoms with E-state index in [4.69, 9.17) is 5.73 Å². The lowest BCUT2D eigenvalue weighted by Crippen LogP contribution is -2.41. The van der Waals surface area contributed by atoms with Gasteiger partial charge in [-0.1, -0.05) is 19.1 Å². The number of hydrogen-bond donors (Lipinski definition) is 2. The van der Waals surface area contributed by atoms with Gasteiger partial charge in [-0.25, -0.2) is 4.39 Å². The average molecular weight is 256 g/mol. The first-order valence-corrected chi connectivity index (χ1v) is 6.53. The Hall–Kier alpha value is -1.07. The van der Waals surface area contributed by atoms with Crippen molar-refractivity contribution in [1.29, 1.82) is 0 Å². The molecule has 0 radical (unpaired) electrons. The molecule has 17 heavy (non-hydrogen) atoms. The van der Waals surface area contributed by atoms with Gasteiger partial charge in [-0.3, -0.25) is 4.79 Å². The first kappa shape index (κ1) is 14.0. The minimum atomic E-state index is -0.360. The zero-order valence-electron chi connectivity index (χ0n) is 9.78. The molecular weight excluding hydrogens is 239 g/mol. The van der Waals surface area contributed by atoms with Gasteiger partial charge in [0.2, 0.25) is 5.91 Å². The molecule has 3 N–H and O–H groups in total. The highest BCUT2D eigenvalue weighted by Crippen LogP contribution is 2.22. The van der Waals surface area contributed by atoms with Gasteiger partial charge in [0.25, 0.3) is 0 Å². The van der Waals surface area contributed by atoms with Gasteiger partial charge in [0.1, 0.15) is 5.82 Å². The first-order chi connectivity index (χ1) is 8.15. The fourth-order valence-corrected chi connectivity index (χ4v) is 2.39. The van der Waals surface area contributed by atoms with Crippen LogP contribution in [0, 0.1) is 5.82 Å². The van der Waals surface area contributed by atoms with E-state index in [-0.39, 0.29) is 17.8 Å². The van der Waals surface area contributed by atoms with Gasteiger partial charge in [-0.15, -0.1) is 11.8 Å². The molecule has 1 aromatic carbocycles. The summed E-state index contributed by atoms with van der Waals surface area (Å²) in [6.45, 7) is 2.61. The van der Waals surface area contributed by atoms with Crippen LogP contribution in [-0.2, 0) is 4.79 Å². The van der Waals surface area contributed by atoms with E-state index >= 15 is 0 Å². The molecule has 0 saturated heterocycles. The largest absolute Gasteiger partial charge is 0.368 e. The molecular formula is C12H17FN2OS. The molecule has 0 heterocycles. The summed E-state index contributed by atoms with van der Waals surface area (Å²) in [5.41, 5.74) is 5.25. The number of amides is 1. The van der Waals surface area contributed by atoms with E-state index in [2.05, 4.69) is 5.32 Å². The highest BCUT2D eigenvalue weighted by Gasteiger charge is 2.13. The second kappa shape index (κ2) is 7.29. The Morgan fingerprint density at radius 3 is 2.82 bits per heavy atom. The highest BCUT2D eigenvalue weighted by molar-refractivity contribution is 7.99. The number of carbonyl (C=O) groups excluding carboxylic acids is 1. The number of carbonyl (C=O) groups is 1. The molecule has 0 spiro atoms. The molecule has 0 saturated carbocycles. The molecule has 0 aliphatic rings. The van der Waals surface area contributed by atoms with E-state index in [1.807, 2.05) is 6.92 Å². The second-order valence-electron chi connectivity index (χ2n) is 3.58. The predicted octanol–water partition coefficient (Wildman–Crippen LogP) is 1.77. The van der Waals surface area contributed by atoms with Crippen molar-refractivity contribution < 1.29 is 9.18 Å². The van der Waals surface area contributed by atoms with Gasteiger partial charge >= 0.3 is 0 Å². The van der Waals surface area contributed by atoms with Crippen molar-refractivity contribution in [3.63, 3.8) is 0 Å². The average Bonchev–Trinajstić information content (AvgIpc) is 2.30. The Bertz CT molecular complexity index is 373. The number of benzene rings is 1. The third-order valence-electron chi connectivity index (χ3n) is 2.29. The Balaban J connectivity index is 2.41. The van der Waals surface area contributed by atoms with E-state index in [1.54, 1.807) is 18.2 Å². The molecule has 0 aromatic heterocycles. The van der Waals surface area contributed by atoms with Crippen molar-refractivity contribution >= 4 is 17.7 Å². The van der Waals surface area contributed by atoms with E-state index in [9.17, 15) is 9.18 Å². The van der Waals surface area contributed by atoms with Gasteiger partial charge in [0.05, 0.1) is 6.04 Å². The molecule has 1 unspecified atom stereocenters. The van der Waals surface area contributed by atoms with Crippen molar-refractivity contribution in [1.82, 2.24) is 5.32 Å². The first-order valence-electron chi connectivity index (χ1n) is 5.55. The molecule has 1 rings (SSSR count). The number of halogens is 1. The number of rotatable bonds is 7. The number of nitrogens with two attached hydrogens (primary N) is 1. The fraction of sp³-hybridized carbons (Fsp3) is 0.417. The molecule has 1 amide bonds. The van der Waals surface area contributed by atoms with Crippen LogP contribution >= 0.6 is 11.8 Å². The second-order valence-corrected chi connectivity index (χ2v) is 4.72. The molecule has 1 atom stereocenters. The minimum absolute atomic E-state index is 0.225. The summed E-state index contributed by atoms with van der Waals surface area (Å²) in [4.78, 5) is 11.7. The Labute approximate surface area is 105 Å². The van der Waals surface area contributed by atoms with Crippen molar-refractivity contribution in [2.24, 2.45) is 5.73 Å². The number of primary amides is 1. The number of thioether (sulfide) groups is 1. The Kier molecular flexibility index (Phi) is 6.00. The van der Waals surface area contributed by atoms with Crippen molar-refractivity contribution in [3.05, 3.63) is 30.1 Å². The maximum atomic E-state index is 13.3. The Morgan fingerprint density at radius 2 is 2.24 bits per heavy atom. The van der Waals surface area contributed by atoms with Crippen molar-refractivity contribution in [2.75, 3.05) is 12.3 Å². The quantitative estimate of drug-likeness (QED) is 0.731. The maximum absolute atomic E-state index is 13.3. The molecule has 3 nitrogen and oxygen atoms in total. The topological polar surface area (TPSA) is 55.1 Å². The van der Waals surface area contributed by atoms with E-state index in [1.165, 1.54) is 17.8 Å². The van der Waals surface area contributed by atoms with Gasteiger partial charge in [-0.05, 0) is 25.1 Å². The van der Waals surface area contributed by atoms with Crippen LogP contribution in [0.25, 0.3) is 0 Å². The van der Waals surface area contributed by atoms with E-state index in [0.717, 1.165) is 0 Å². The molecule has 0 bridgehead atoms. The lowest BCUT2D eigenvalue weighted by molar-refractivity contribution is -0.120.